The summed E-state index contributed by atoms with van der Waals surface area (Å²) in [6.45, 7) is 3.37. The number of hydrogen-bond donors (Lipinski definition) is 0. The van der Waals surface area contributed by atoms with Crippen LogP contribution in [-0.4, -0.2) is 35.3 Å². The van der Waals surface area contributed by atoms with Crippen molar-refractivity contribution in [2.45, 2.75) is 13.5 Å². The van der Waals surface area contributed by atoms with Crippen LogP contribution in [-0.2, 0) is 6.54 Å². The van der Waals surface area contributed by atoms with Crippen LogP contribution in [0.1, 0.15) is 5.69 Å². The smallest absolute Gasteiger partial charge is 0.274 e. The van der Waals surface area contributed by atoms with Gasteiger partial charge >= 0.3 is 0 Å². The van der Waals surface area contributed by atoms with Crippen LogP contribution in [0.4, 0.5) is 0 Å². The Hall–Kier alpha value is -1.68. The molecule has 17 heavy (non-hydrogen) atoms. The highest BCUT2D eigenvalue weighted by Gasteiger charge is 2.06. The first kappa shape index (κ1) is 11.8. The average Bonchev–Trinajstić information content (AvgIpc) is 2.32. The molecule has 0 spiro atoms. The fourth-order valence-corrected chi connectivity index (χ4v) is 1.85. The van der Waals surface area contributed by atoms with Crippen molar-refractivity contribution in [3.05, 3.63) is 40.3 Å². The molecule has 0 aliphatic rings. The van der Waals surface area contributed by atoms with Gasteiger partial charge < -0.3 is 4.90 Å². The Morgan fingerprint density at radius 3 is 2.53 bits per heavy atom. The first-order valence-electron chi connectivity index (χ1n) is 5.71. The predicted molar refractivity (Wildman–Crippen MR) is 69.3 cm³/mol. The summed E-state index contributed by atoms with van der Waals surface area (Å²) in [5.74, 6) is 0. The maximum atomic E-state index is 12.2. The lowest BCUT2D eigenvalue weighted by molar-refractivity contribution is 0.367. The van der Waals surface area contributed by atoms with Crippen molar-refractivity contribution in [2.24, 2.45) is 0 Å². The van der Waals surface area contributed by atoms with Gasteiger partial charge in [0.15, 0.2) is 0 Å². The minimum Gasteiger partial charge on any atom is -0.308 e. The Bertz CT molecular complexity index is 587. The topological polar surface area (TPSA) is 38.1 Å². The van der Waals surface area contributed by atoms with Crippen LogP contribution in [0, 0.1) is 6.92 Å². The fourth-order valence-electron chi connectivity index (χ4n) is 1.85. The summed E-state index contributed by atoms with van der Waals surface area (Å²) >= 11 is 0. The number of benzene rings is 1. The molecular weight excluding hydrogens is 214 g/mol. The van der Waals surface area contributed by atoms with Crippen molar-refractivity contribution in [2.75, 3.05) is 20.6 Å². The molecule has 4 heteroatoms. The van der Waals surface area contributed by atoms with E-state index in [-0.39, 0.29) is 5.56 Å². The lowest BCUT2D eigenvalue weighted by Gasteiger charge is -2.12. The van der Waals surface area contributed by atoms with Gasteiger partial charge in [0.2, 0.25) is 0 Å². The Morgan fingerprint density at radius 1 is 1.24 bits per heavy atom. The van der Waals surface area contributed by atoms with Crippen LogP contribution in [0.15, 0.2) is 29.1 Å². The fraction of sp³-hybridized carbons (Fsp3) is 0.385. The van der Waals surface area contributed by atoms with E-state index in [1.165, 1.54) is 0 Å². The van der Waals surface area contributed by atoms with Gasteiger partial charge in [-0.05, 0) is 27.1 Å². The predicted octanol–water partition coefficient (Wildman–Crippen LogP) is 1.27. The summed E-state index contributed by atoms with van der Waals surface area (Å²) < 4.78 is 1.55. The van der Waals surface area contributed by atoms with Crippen molar-refractivity contribution in [1.82, 2.24) is 14.7 Å². The first-order chi connectivity index (χ1) is 8.09. The third kappa shape index (κ3) is 2.36. The van der Waals surface area contributed by atoms with Gasteiger partial charge in [-0.15, -0.1) is 0 Å². The number of rotatable bonds is 3. The highest BCUT2D eigenvalue weighted by molar-refractivity contribution is 5.83. The molecule has 2 rings (SSSR count). The maximum absolute atomic E-state index is 12.2. The molecule has 0 unspecified atom stereocenters. The van der Waals surface area contributed by atoms with Gasteiger partial charge in [-0.3, -0.25) is 4.79 Å². The van der Waals surface area contributed by atoms with Crippen molar-refractivity contribution < 1.29 is 0 Å². The van der Waals surface area contributed by atoms with Crippen LogP contribution in [0.3, 0.4) is 0 Å². The molecule has 0 N–H and O–H groups in total. The van der Waals surface area contributed by atoms with Gasteiger partial charge in [-0.1, -0.05) is 18.2 Å². The zero-order valence-corrected chi connectivity index (χ0v) is 10.5. The van der Waals surface area contributed by atoms with Crippen LogP contribution >= 0.6 is 0 Å². The minimum absolute atomic E-state index is 0.00644. The third-order valence-corrected chi connectivity index (χ3v) is 2.81. The second kappa shape index (κ2) is 4.67. The van der Waals surface area contributed by atoms with E-state index in [0.717, 1.165) is 23.0 Å². The zero-order valence-electron chi connectivity index (χ0n) is 10.5. The highest BCUT2D eigenvalue weighted by Crippen LogP contribution is 2.11. The van der Waals surface area contributed by atoms with E-state index < -0.39 is 0 Å². The minimum atomic E-state index is -0.00644. The number of hydrogen-bond acceptors (Lipinski definition) is 3. The Labute approximate surface area is 100 Å². The summed E-state index contributed by atoms with van der Waals surface area (Å²) in [6.07, 6.45) is 0. The van der Waals surface area contributed by atoms with E-state index in [9.17, 15) is 4.79 Å². The Kier molecular flexibility index (Phi) is 3.24. The number of aryl methyl sites for hydroxylation is 1. The van der Waals surface area contributed by atoms with Crippen molar-refractivity contribution >= 4 is 10.8 Å². The highest BCUT2D eigenvalue weighted by atomic mass is 16.1. The van der Waals surface area contributed by atoms with Crippen molar-refractivity contribution in [1.29, 1.82) is 0 Å². The molecule has 0 atom stereocenters. The standard InChI is InChI=1S/C13H17N3O/c1-10-11-6-4-5-7-12(11)13(17)16(14-10)9-8-15(2)3/h4-7H,8-9H2,1-3H3. The SMILES string of the molecule is Cc1nn(CCN(C)C)c(=O)c2ccccc12. The molecule has 1 aromatic heterocycles. The molecule has 0 saturated carbocycles. The monoisotopic (exact) mass is 231 g/mol. The van der Waals surface area contributed by atoms with E-state index in [1.807, 2.05) is 50.2 Å². The van der Waals surface area contributed by atoms with E-state index in [2.05, 4.69) is 5.10 Å². The van der Waals surface area contributed by atoms with E-state index in [1.54, 1.807) is 4.68 Å². The molecule has 0 saturated heterocycles. The summed E-state index contributed by atoms with van der Waals surface area (Å²) in [7, 11) is 3.97. The Morgan fingerprint density at radius 2 is 1.88 bits per heavy atom. The van der Waals surface area contributed by atoms with Gasteiger partial charge in [0.1, 0.15) is 0 Å². The molecule has 0 aliphatic heterocycles. The molecule has 1 aromatic carbocycles. The number of likely N-dealkylation sites (N-methyl/N-ethyl adjacent to an activating group) is 1. The lowest BCUT2D eigenvalue weighted by atomic mass is 10.1. The average molecular weight is 231 g/mol. The molecule has 0 fully saturated rings. The number of aromatic nitrogens is 2. The summed E-state index contributed by atoms with van der Waals surface area (Å²) in [5, 5.41) is 6.04. The van der Waals surface area contributed by atoms with Gasteiger partial charge in [0.25, 0.3) is 5.56 Å². The molecular formula is C13H17N3O. The van der Waals surface area contributed by atoms with E-state index in [0.29, 0.717) is 6.54 Å². The Balaban J connectivity index is 2.52. The third-order valence-electron chi connectivity index (χ3n) is 2.81. The maximum Gasteiger partial charge on any atom is 0.274 e. The molecule has 0 radical (unpaired) electrons. The van der Waals surface area contributed by atoms with Gasteiger partial charge in [0, 0.05) is 11.9 Å². The normalized spacial score (nSPS) is 11.3. The second-order valence-corrected chi connectivity index (χ2v) is 4.46. The van der Waals surface area contributed by atoms with Crippen LogP contribution < -0.4 is 5.56 Å². The van der Waals surface area contributed by atoms with Crippen LogP contribution in [0.25, 0.3) is 10.8 Å². The molecule has 0 aliphatic carbocycles. The van der Waals surface area contributed by atoms with Crippen molar-refractivity contribution in [3.63, 3.8) is 0 Å². The van der Waals surface area contributed by atoms with E-state index in [4.69, 9.17) is 0 Å². The molecule has 90 valence electrons. The van der Waals surface area contributed by atoms with Crippen LogP contribution in [0.2, 0.25) is 0 Å². The second-order valence-electron chi connectivity index (χ2n) is 4.46. The first-order valence-corrected chi connectivity index (χ1v) is 5.71. The quantitative estimate of drug-likeness (QED) is 0.798. The van der Waals surface area contributed by atoms with Gasteiger partial charge in [-0.2, -0.15) is 5.10 Å². The van der Waals surface area contributed by atoms with Crippen molar-refractivity contribution in [3.8, 4) is 0 Å². The van der Waals surface area contributed by atoms with Gasteiger partial charge in [0.05, 0.1) is 17.6 Å². The summed E-state index contributed by atoms with van der Waals surface area (Å²) in [5.41, 5.74) is 0.895. The largest absolute Gasteiger partial charge is 0.308 e. The molecule has 4 nitrogen and oxygen atoms in total. The number of nitrogens with zero attached hydrogens (tertiary/aromatic N) is 3. The molecule has 2 aromatic rings. The molecule has 1 heterocycles. The lowest BCUT2D eigenvalue weighted by Crippen LogP contribution is -2.29. The van der Waals surface area contributed by atoms with Crippen LogP contribution in [0.5, 0.6) is 0 Å². The van der Waals surface area contributed by atoms with Gasteiger partial charge in [-0.25, -0.2) is 4.68 Å². The zero-order chi connectivity index (χ0) is 12.4. The number of fused-ring (bicyclic) bond motifs is 1. The molecule has 0 bridgehead atoms. The summed E-state index contributed by atoms with van der Waals surface area (Å²) in [6, 6.07) is 7.62. The summed E-state index contributed by atoms with van der Waals surface area (Å²) in [4.78, 5) is 14.2. The van der Waals surface area contributed by atoms with E-state index >= 15 is 0 Å². The molecule has 0 amide bonds.